The molecule has 34 heavy (non-hydrogen) atoms. The van der Waals surface area contributed by atoms with Crippen LogP contribution >= 0.6 is 0 Å². The molecule has 0 N–H and O–H groups in total. The Morgan fingerprint density at radius 3 is 1.71 bits per heavy atom. The van der Waals surface area contributed by atoms with E-state index in [1.165, 1.54) is 14.7 Å². The molecule has 7 heteroatoms. The molecule has 0 fully saturated rings. The van der Waals surface area contributed by atoms with Crippen LogP contribution in [0.15, 0.2) is 99.6 Å². The highest BCUT2D eigenvalue weighted by Gasteiger charge is 2.28. The Morgan fingerprint density at radius 2 is 1.18 bits per heavy atom. The minimum Gasteiger partial charge on any atom is -0.491 e. The standard InChI is InChI=1S/C27H30BO5S/c1-22(28)27(29)33-21-19-31-17-16-30-18-20-32-23-12-14-26(15-13-23)34(24-8-4-2-5-9-24)25-10-6-3-7-11-25/h2-15,22H,16-21H2,1H3/q+1. The van der Waals surface area contributed by atoms with Crippen LogP contribution in [0.2, 0.25) is 5.82 Å². The normalized spacial score (nSPS) is 11.8. The fourth-order valence-electron chi connectivity index (χ4n) is 3.07. The minimum absolute atomic E-state index is 0.170. The Morgan fingerprint density at radius 1 is 0.706 bits per heavy atom. The summed E-state index contributed by atoms with van der Waals surface area (Å²) >= 11 is 0. The largest absolute Gasteiger partial charge is 0.491 e. The molecular weight excluding hydrogens is 447 g/mol. The van der Waals surface area contributed by atoms with Gasteiger partial charge < -0.3 is 18.9 Å². The molecule has 1 unspecified atom stereocenters. The highest BCUT2D eigenvalue weighted by atomic mass is 32.2. The zero-order chi connectivity index (χ0) is 24.0. The highest BCUT2D eigenvalue weighted by molar-refractivity contribution is 7.97. The molecule has 0 spiro atoms. The third kappa shape index (κ3) is 8.56. The predicted octanol–water partition coefficient (Wildman–Crippen LogP) is 4.71. The van der Waals surface area contributed by atoms with E-state index in [4.69, 9.17) is 26.8 Å². The van der Waals surface area contributed by atoms with E-state index in [2.05, 4.69) is 60.7 Å². The molecule has 3 aromatic carbocycles. The second-order valence-electron chi connectivity index (χ2n) is 7.43. The number of benzene rings is 3. The molecule has 0 aliphatic heterocycles. The average molecular weight is 477 g/mol. The molecule has 0 aromatic heterocycles. The quantitative estimate of drug-likeness (QED) is 0.146. The Hall–Kier alpha value is -2.74. The van der Waals surface area contributed by atoms with Crippen molar-refractivity contribution in [3.05, 3.63) is 84.9 Å². The number of hydrogen-bond donors (Lipinski definition) is 0. The first kappa shape index (κ1) is 25.9. The Kier molecular flexibility index (Phi) is 11.0. The molecular formula is C27H30BO5S+. The van der Waals surface area contributed by atoms with Gasteiger partial charge in [-0.05, 0) is 48.5 Å². The van der Waals surface area contributed by atoms with Gasteiger partial charge in [0.1, 0.15) is 19.0 Å². The molecule has 0 saturated carbocycles. The van der Waals surface area contributed by atoms with Crippen LogP contribution < -0.4 is 4.74 Å². The zero-order valence-corrected chi connectivity index (χ0v) is 20.2. The van der Waals surface area contributed by atoms with Gasteiger partial charge in [0.05, 0.1) is 45.2 Å². The number of ether oxygens (including phenoxy) is 4. The van der Waals surface area contributed by atoms with Gasteiger partial charge in [0, 0.05) is 5.82 Å². The van der Waals surface area contributed by atoms with E-state index in [9.17, 15) is 4.79 Å². The van der Waals surface area contributed by atoms with Crippen molar-refractivity contribution >= 4 is 24.7 Å². The molecule has 3 aromatic rings. The van der Waals surface area contributed by atoms with Crippen LogP contribution in [-0.2, 0) is 29.9 Å². The van der Waals surface area contributed by atoms with Crippen LogP contribution in [0.4, 0.5) is 0 Å². The van der Waals surface area contributed by atoms with Crippen molar-refractivity contribution in [2.75, 3.05) is 39.6 Å². The van der Waals surface area contributed by atoms with Crippen molar-refractivity contribution in [2.24, 2.45) is 0 Å². The lowest BCUT2D eigenvalue weighted by molar-refractivity contribution is -0.144. The van der Waals surface area contributed by atoms with E-state index in [-0.39, 0.29) is 17.5 Å². The summed E-state index contributed by atoms with van der Waals surface area (Å²) in [4.78, 5) is 15.0. The van der Waals surface area contributed by atoms with Crippen molar-refractivity contribution in [1.29, 1.82) is 0 Å². The Balaban J connectivity index is 1.39. The van der Waals surface area contributed by atoms with E-state index in [0.29, 0.717) is 33.0 Å². The van der Waals surface area contributed by atoms with Crippen LogP contribution in [0, 0.1) is 0 Å². The molecule has 3 rings (SSSR count). The monoisotopic (exact) mass is 477 g/mol. The Labute approximate surface area is 206 Å². The predicted molar refractivity (Wildman–Crippen MR) is 135 cm³/mol. The SMILES string of the molecule is [B]C(C)C(=O)OCCOCCOCCOc1ccc([S+](c2ccccc2)c2ccccc2)cc1. The molecule has 0 heterocycles. The number of esters is 1. The van der Waals surface area contributed by atoms with Crippen LogP contribution in [0.3, 0.4) is 0 Å². The van der Waals surface area contributed by atoms with Crippen molar-refractivity contribution in [2.45, 2.75) is 27.4 Å². The number of rotatable bonds is 14. The van der Waals surface area contributed by atoms with Gasteiger partial charge in [0.25, 0.3) is 5.97 Å². The van der Waals surface area contributed by atoms with Gasteiger partial charge in [-0.2, -0.15) is 0 Å². The summed E-state index contributed by atoms with van der Waals surface area (Å²) in [5.74, 6) is -0.237. The van der Waals surface area contributed by atoms with Gasteiger partial charge in [0.2, 0.25) is 0 Å². The summed E-state index contributed by atoms with van der Waals surface area (Å²) in [6, 6.07) is 29.4. The van der Waals surface area contributed by atoms with E-state index in [1.807, 2.05) is 24.3 Å². The summed E-state index contributed by atoms with van der Waals surface area (Å²) in [5, 5.41) is 0. The first-order valence-electron chi connectivity index (χ1n) is 11.3. The van der Waals surface area contributed by atoms with E-state index >= 15 is 0 Å². The van der Waals surface area contributed by atoms with E-state index in [0.717, 1.165) is 5.75 Å². The topological polar surface area (TPSA) is 54.0 Å². The molecule has 1 atom stereocenters. The first-order valence-corrected chi connectivity index (χ1v) is 12.5. The molecule has 0 amide bonds. The Bertz CT molecular complexity index is 928. The number of hydrogen-bond acceptors (Lipinski definition) is 5. The number of carbonyl (C=O) groups is 1. The molecule has 0 aliphatic carbocycles. The highest BCUT2D eigenvalue weighted by Crippen LogP contribution is 2.31. The van der Waals surface area contributed by atoms with Crippen molar-refractivity contribution in [3.8, 4) is 5.75 Å². The zero-order valence-electron chi connectivity index (χ0n) is 19.4. The third-order valence-electron chi connectivity index (χ3n) is 4.73. The van der Waals surface area contributed by atoms with E-state index in [1.54, 1.807) is 6.92 Å². The van der Waals surface area contributed by atoms with Gasteiger partial charge in [-0.1, -0.05) is 43.3 Å². The van der Waals surface area contributed by atoms with Gasteiger partial charge >= 0.3 is 0 Å². The molecule has 5 nitrogen and oxygen atoms in total. The molecule has 0 aliphatic rings. The van der Waals surface area contributed by atoms with Crippen molar-refractivity contribution in [1.82, 2.24) is 0 Å². The summed E-state index contributed by atoms with van der Waals surface area (Å²) < 4.78 is 21.6. The molecule has 0 bridgehead atoms. The summed E-state index contributed by atoms with van der Waals surface area (Å²) in [6.45, 7) is 3.87. The lowest BCUT2D eigenvalue weighted by atomic mass is 9.90. The summed E-state index contributed by atoms with van der Waals surface area (Å²) in [7, 11) is 5.24. The van der Waals surface area contributed by atoms with E-state index < -0.39 is 11.8 Å². The molecule has 2 radical (unpaired) electrons. The van der Waals surface area contributed by atoms with Gasteiger partial charge in [0.15, 0.2) is 14.7 Å². The fraction of sp³-hybridized carbons (Fsp3) is 0.296. The second kappa shape index (κ2) is 14.5. The van der Waals surface area contributed by atoms with Gasteiger partial charge in [-0.25, -0.2) is 0 Å². The maximum atomic E-state index is 11.2. The third-order valence-corrected chi connectivity index (χ3v) is 6.96. The van der Waals surface area contributed by atoms with Crippen LogP contribution in [-0.4, -0.2) is 53.5 Å². The molecule has 0 saturated heterocycles. The lowest BCUT2D eigenvalue weighted by Gasteiger charge is -2.10. The lowest BCUT2D eigenvalue weighted by Crippen LogP contribution is -2.16. The minimum atomic E-state index is -0.617. The smallest absolute Gasteiger partial charge is 0.299 e. The fourth-order valence-corrected chi connectivity index (χ4v) is 5.15. The maximum absolute atomic E-state index is 11.2. The van der Waals surface area contributed by atoms with Crippen LogP contribution in [0.25, 0.3) is 0 Å². The van der Waals surface area contributed by atoms with Gasteiger partial charge in [-0.15, -0.1) is 0 Å². The van der Waals surface area contributed by atoms with Crippen LogP contribution in [0.5, 0.6) is 5.75 Å². The first-order chi connectivity index (χ1) is 16.6. The number of carbonyl (C=O) groups excluding carboxylic acids is 1. The van der Waals surface area contributed by atoms with Gasteiger partial charge in [-0.3, -0.25) is 4.79 Å². The molecule has 176 valence electrons. The second-order valence-corrected chi connectivity index (χ2v) is 9.46. The van der Waals surface area contributed by atoms with Crippen molar-refractivity contribution in [3.63, 3.8) is 0 Å². The average Bonchev–Trinajstić information content (AvgIpc) is 2.87. The van der Waals surface area contributed by atoms with Crippen molar-refractivity contribution < 1.29 is 23.7 Å². The maximum Gasteiger partial charge on any atom is 0.299 e. The summed E-state index contributed by atoms with van der Waals surface area (Å²) in [5.41, 5.74) is 0. The summed E-state index contributed by atoms with van der Waals surface area (Å²) in [6.07, 6.45) is 0. The van der Waals surface area contributed by atoms with Crippen LogP contribution in [0.1, 0.15) is 6.92 Å².